The van der Waals surface area contributed by atoms with Gasteiger partial charge in [0.25, 0.3) is 0 Å². The van der Waals surface area contributed by atoms with Crippen LogP contribution in [0.1, 0.15) is 5.56 Å². The molecule has 2 aromatic heterocycles. The monoisotopic (exact) mass is 338 g/mol. The molecular formula is C16H14N6OS. The second-order valence-electron chi connectivity index (χ2n) is 4.81. The molecule has 120 valence electrons. The molecule has 0 spiro atoms. The Kier molecular flexibility index (Phi) is 4.84. The molecule has 8 heteroatoms. The van der Waals surface area contributed by atoms with Crippen molar-refractivity contribution in [3.8, 4) is 6.07 Å². The van der Waals surface area contributed by atoms with Crippen molar-refractivity contribution in [1.82, 2.24) is 15.3 Å². The Balaban J connectivity index is 1.47. The molecule has 0 unspecified atom stereocenters. The van der Waals surface area contributed by atoms with E-state index in [4.69, 9.17) is 5.26 Å². The fourth-order valence-corrected chi connectivity index (χ4v) is 2.92. The molecule has 2 heterocycles. The molecule has 0 aliphatic heterocycles. The summed E-state index contributed by atoms with van der Waals surface area (Å²) in [4.78, 5) is 20.3. The number of urea groups is 1. The lowest BCUT2D eigenvalue weighted by molar-refractivity contribution is 0.252. The first-order valence-corrected chi connectivity index (χ1v) is 8.07. The molecule has 0 aliphatic rings. The number of thiazole rings is 1. The van der Waals surface area contributed by atoms with Gasteiger partial charge in [-0.25, -0.2) is 14.8 Å². The van der Waals surface area contributed by atoms with E-state index < -0.39 is 0 Å². The molecule has 1 aromatic carbocycles. The summed E-state index contributed by atoms with van der Waals surface area (Å²) >= 11 is 1.42. The SMILES string of the molecule is N#Cc1cccnc1NCCNC(=O)Nc1nc2ccccc2s1. The predicted molar refractivity (Wildman–Crippen MR) is 94.1 cm³/mol. The number of hydrogen-bond donors (Lipinski definition) is 3. The average Bonchev–Trinajstić information content (AvgIpc) is 3.01. The highest BCUT2D eigenvalue weighted by atomic mass is 32.1. The minimum Gasteiger partial charge on any atom is -0.367 e. The van der Waals surface area contributed by atoms with E-state index in [0.717, 1.165) is 10.2 Å². The van der Waals surface area contributed by atoms with Crippen molar-refractivity contribution in [2.24, 2.45) is 0 Å². The number of anilines is 2. The van der Waals surface area contributed by atoms with E-state index in [1.54, 1.807) is 18.3 Å². The minimum absolute atomic E-state index is 0.322. The Morgan fingerprint density at radius 3 is 2.92 bits per heavy atom. The quantitative estimate of drug-likeness (QED) is 0.621. The van der Waals surface area contributed by atoms with Crippen LogP contribution in [0.2, 0.25) is 0 Å². The van der Waals surface area contributed by atoms with Crippen molar-refractivity contribution in [3.05, 3.63) is 48.2 Å². The fourth-order valence-electron chi connectivity index (χ4n) is 2.06. The third kappa shape index (κ3) is 3.77. The summed E-state index contributed by atoms with van der Waals surface area (Å²) in [6.45, 7) is 0.844. The van der Waals surface area contributed by atoms with Crippen LogP contribution >= 0.6 is 11.3 Å². The summed E-state index contributed by atoms with van der Waals surface area (Å²) in [5.41, 5.74) is 1.33. The first-order valence-electron chi connectivity index (χ1n) is 7.25. The van der Waals surface area contributed by atoms with Crippen LogP contribution in [0, 0.1) is 11.3 Å². The molecule has 0 fully saturated rings. The lowest BCUT2D eigenvalue weighted by Crippen LogP contribution is -2.32. The number of benzene rings is 1. The molecule has 0 saturated carbocycles. The molecule has 0 atom stereocenters. The van der Waals surface area contributed by atoms with E-state index in [1.807, 2.05) is 24.3 Å². The predicted octanol–water partition coefficient (Wildman–Crippen LogP) is 2.80. The van der Waals surface area contributed by atoms with Crippen LogP contribution in [0.15, 0.2) is 42.6 Å². The van der Waals surface area contributed by atoms with Gasteiger partial charge in [0.2, 0.25) is 0 Å². The van der Waals surface area contributed by atoms with E-state index >= 15 is 0 Å². The molecule has 0 bridgehead atoms. The number of nitrogens with one attached hydrogen (secondary N) is 3. The average molecular weight is 338 g/mol. The largest absolute Gasteiger partial charge is 0.367 e. The number of pyridine rings is 1. The van der Waals surface area contributed by atoms with E-state index in [0.29, 0.717) is 29.6 Å². The molecule has 3 N–H and O–H groups in total. The first-order chi connectivity index (χ1) is 11.8. The zero-order valence-corrected chi connectivity index (χ0v) is 13.4. The number of aromatic nitrogens is 2. The third-order valence-electron chi connectivity index (χ3n) is 3.15. The Morgan fingerprint density at radius 2 is 2.08 bits per heavy atom. The van der Waals surface area contributed by atoms with Crippen LogP contribution in [0.5, 0.6) is 0 Å². The van der Waals surface area contributed by atoms with E-state index in [2.05, 4.69) is 32.0 Å². The molecule has 0 radical (unpaired) electrons. The van der Waals surface area contributed by atoms with Gasteiger partial charge >= 0.3 is 6.03 Å². The summed E-state index contributed by atoms with van der Waals surface area (Å²) in [5, 5.41) is 18.0. The van der Waals surface area contributed by atoms with Gasteiger partial charge < -0.3 is 10.6 Å². The van der Waals surface area contributed by atoms with Crippen molar-refractivity contribution in [2.45, 2.75) is 0 Å². The number of fused-ring (bicyclic) bond motifs is 1. The van der Waals surface area contributed by atoms with Gasteiger partial charge in [0.15, 0.2) is 5.13 Å². The lowest BCUT2D eigenvalue weighted by atomic mass is 10.3. The number of hydrogen-bond acceptors (Lipinski definition) is 6. The molecular weight excluding hydrogens is 324 g/mol. The van der Waals surface area contributed by atoms with Crippen molar-refractivity contribution < 1.29 is 4.79 Å². The Bertz CT molecular complexity index is 868. The van der Waals surface area contributed by atoms with Crippen LogP contribution in [0.3, 0.4) is 0 Å². The molecule has 3 aromatic rings. The Hall–Kier alpha value is -3.18. The highest BCUT2D eigenvalue weighted by molar-refractivity contribution is 7.22. The van der Waals surface area contributed by atoms with Gasteiger partial charge in [0, 0.05) is 19.3 Å². The summed E-state index contributed by atoms with van der Waals surface area (Å²) in [7, 11) is 0. The van der Waals surface area contributed by atoms with Crippen molar-refractivity contribution in [2.75, 3.05) is 23.7 Å². The van der Waals surface area contributed by atoms with Crippen LogP contribution in [-0.2, 0) is 0 Å². The Morgan fingerprint density at radius 1 is 1.21 bits per heavy atom. The fraction of sp³-hybridized carbons (Fsp3) is 0.125. The number of carbonyl (C=O) groups excluding carboxylic acids is 1. The topological polar surface area (TPSA) is 103 Å². The van der Waals surface area contributed by atoms with Gasteiger partial charge in [-0.2, -0.15) is 5.26 Å². The summed E-state index contributed by atoms with van der Waals surface area (Å²) < 4.78 is 1.02. The van der Waals surface area contributed by atoms with Gasteiger partial charge in [-0.15, -0.1) is 0 Å². The number of para-hydroxylation sites is 1. The van der Waals surface area contributed by atoms with Crippen LogP contribution in [0.4, 0.5) is 15.7 Å². The number of nitriles is 1. The number of carbonyl (C=O) groups is 1. The van der Waals surface area contributed by atoms with E-state index in [-0.39, 0.29) is 6.03 Å². The minimum atomic E-state index is -0.322. The maximum absolute atomic E-state index is 11.9. The van der Waals surface area contributed by atoms with Gasteiger partial charge in [0.05, 0.1) is 15.8 Å². The molecule has 0 saturated heterocycles. The van der Waals surface area contributed by atoms with Crippen LogP contribution < -0.4 is 16.0 Å². The summed E-state index contributed by atoms with van der Waals surface area (Å²) in [6.07, 6.45) is 1.61. The number of rotatable bonds is 5. The third-order valence-corrected chi connectivity index (χ3v) is 4.10. The molecule has 3 rings (SSSR count). The maximum atomic E-state index is 11.9. The first kappa shape index (κ1) is 15.7. The molecule has 24 heavy (non-hydrogen) atoms. The van der Waals surface area contributed by atoms with Crippen LogP contribution in [0.25, 0.3) is 10.2 Å². The summed E-state index contributed by atoms with van der Waals surface area (Å²) in [5.74, 6) is 0.508. The second-order valence-corrected chi connectivity index (χ2v) is 5.84. The maximum Gasteiger partial charge on any atom is 0.321 e. The van der Waals surface area contributed by atoms with Crippen molar-refractivity contribution in [3.63, 3.8) is 0 Å². The normalized spacial score (nSPS) is 10.1. The smallest absolute Gasteiger partial charge is 0.321 e. The van der Waals surface area contributed by atoms with Crippen LogP contribution in [-0.4, -0.2) is 29.1 Å². The van der Waals surface area contributed by atoms with E-state index in [1.165, 1.54) is 11.3 Å². The second kappa shape index (κ2) is 7.39. The van der Waals surface area contributed by atoms with Crippen molar-refractivity contribution >= 4 is 38.5 Å². The number of amides is 2. The van der Waals surface area contributed by atoms with Gasteiger partial charge in [0.1, 0.15) is 11.9 Å². The molecule has 2 amide bonds. The van der Waals surface area contributed by atoms with Gasteiger partial charge in [-0.3, -0.25) is 5.32 Å². The molecule has 7 nitrogen and oxygen atoms in total. The standard InChI is InChI=1S/C16H14N6OS/c17-10-11-4-3-7-18-14(11)19-8-9-20-15(23)22-16-21-12-5-1-2-6-13(12)24-16/h1-7H,8-9H2,(H,18,19)(H2,20,21,22,23). The number of nitrogens with zero attached hydrogens (tertiary/aromatic N) is 3. The van der Waals surface area contributed by atoms with Crippen molar-refractivity contribution in [1.29, 1.82) is 5.26 Å². The highest BCUT2D eigenvalue weighted by Gasteiger charge is 2.07. The van der Waals surface area contributed by atoms with E-state index in [9.17, 15) is 4.79 Å². The van der Waals surface area contributed by atoms with Gasteiger partial charge in [-0.05, 0) is 24.3 Å². The molecule has 0 aliphatic carbocycles. The highest BCUT2D eigenvalue weighted by Crippen LogP contribution is 2.25. The van der Waals surface area contributed by atoms with Gasteiger partial charge in [-0.1, -0.05) is 23.5 Å². The summed E-state index contributed by atoms with van der Waals surface area (Å²) in [6, 6.07) is 12.8. The zero-order valence-electron chi connectivity index (χ0n) is 12.6. The zero-order chi connectivity index (χ0) is 16.8. The lowest BCUT2D eigenvalue weighted by Gasteiger charge is -2.08. The Labute approximate surface area is 142 Å².